The van der Waals surface area contributed by atoms with Crippen LogP contribution in [0.1, 0.15) is 26.7 Å². The predicted octanol–water partition coefficient (Wildman–Crippen LogP) is 1.73. The van der Waals surface area contributed by atoms with E-state index in [9.17, 15) is 0 Å². The zero-order valence-electron chi connectivity index (χ0n) is 12.6. The van der Waals surface area contributed by atoms with Crippen molar-refractivity contribution in [2.24, 2.45) is 11.7 Å². The molecule has 0 aliphatic carbocycles. The maximum Gasteiger partial charge on any atom is 0.0257 e. The van der Waals surface area contributed by atoms with Crippen LogP contribution in [0.5, 0.6) is 0 Å². The minimum absolute atomic E-state index is 0.567. The van der Waals surface area contributed by atoms with Gasteiger partial charge in [-0.2, -0.15) is 11.8 Å². The molecule has 1 aliphatic rings. The zero-order valence-corrected chi connectivity index (χ0v) is 13.4. The molecule has 1 aliphatic heterocycles. The maximum atomic E-state index is 6.08. The minimum atomic E-state index is 0.567. The minimum Gasteiger partial charge on any atom is -0.329 e. The van der Waals surface area contributed by atoms with E-state index < -0.39 is 0 Å². The molecule has 1 saturated heterocycles. The Morgan fingerprint density at radius 2 is 2.11 bits per heavy atom. The fourth-order valence-corrected chi connectivity index (χ4v) is 4.40. The number of rotatable bonds is 7. The first kappa shape index (κ1) is 16.3. The molecule has 1 heterocycles. The van der Waals surface area contributed by atoms with Gasteiger partial charge in [0, 0.05) is 25.2 Å². The van der Waals surface area contributed by atoms with E-state index >= 15 is 0 Å². The van der Waals surface area contributed by atoms with E-state index in [1.165, 1.54) is 24.3 Å². The highest BCUT2D eigenvalue weighted by atomic mass is 32.2. The van der Waals surface area contributed by atoms with Crippen molar-refractivity contribution in [2.75, 3.05) is 45.2 Å². The van der Waals surface area contributed by atoms with Crippen molar-refractivity contribution in [1.29, 1.82) is 0 Å². The molecule has 2 N–H and O–H groups in total. The van der Waals surface area contributed by atoms with E-state index in [1.54, 1.807) is 0 Å². The number of thioether (sulfide) groups is 1. The van der Waals surface area contributed by atoms with Crippen LogP contribution in [0.15, 0.2) is 0 Å². The lowest BCUT2D eigenvalue weighted by Gasteiger charge is -2.41. The Hall–Kier alpha value is 0.230. The molecule has 0 aromatic heterocycles. The summed E-state index contributed by atoms with van der Waals surface area (Å²) in [7, 11) is 4.30. The van der Waals surface area contributed by atoms with Crippen LogP contribution in [-0.2, 0) is 0 Å². The molecule has 0 spiro atoms. The molecule has 0 bridgehead atoms. The van der Waals surface area contributed by atoms with Crippen molar-refractivity contribution in [1.82, 2.24) is 9.80 Å². The van der Waals surface area contributed by atoms with Crippen LogP contribution in [-0.4, -0.2) is 67.1 Å². The summed E-state index contributed by atoms with van der Waals surface area (Å²) in [4.78, 5) is 4.90. The molecule has 0 aromatic carbocycles. The van der Waals surface area contributed by atoms with Gasteiger partial charge in [-0.05, 0) is 57.8 Å². The largest absolute Gasteiger partial charge is 0.329 e. The molecule has 18 heavy (non-hydrogen) atoms. The topological polar surface area (TPSA) is 32.5 Å². The highest BCUT2D eigenvalue weighted by molar-refractivity contribution is 7.99. The van der Waals surface area contributed by atoms with E-state index in [0.717, 1.165) is 25.6 Å². The molecule has 1 rings (SSSR count). The molecule has 0 saturated carbocycles. The highest BCUT2D eigenvalue weighted by Gasteiger charge is 2.29. The van der Waals surface area contributed by atoms with E-state index in [4.69, 9.17) is 5.73 Å². The van der Waals surface area contributed by atoms with Gasteiger partial charge in [0.25, 0.3) is 0 Å². The lowest BCUT2D eigenvalue weighted by atomic mass is 9.93. The number of likely N-dealkylation sites (N-methyl/N-ethyl adjacent to an activating group) is 2. The van der Waals surface area contributed by atoms with Crippen LogP contribution in [0, 0.1) is 5.92 Å². The molecule has 108 valence electrons. The first-order valence-corrected chi connectivity index (χ1v) is 8.43. The van der Waals surface area contributed by atoms with Gasteiger partial charge in [0.1, 0.15) is 0 Å². The summed E-state index contributed by atoms with van der Waals surface area (Å²) in [5.41, 5.74) is 6.08. The van der Waals surface area contributed by atoms with Crippen LogP contribution in [0.2, 0.25) is 0 Å². The third-order valence-corrected chi connectivity index (χ3v) is 5.21. The Kier molecular flexibility index (Phi) is 7.61. The normalized spacial score (nSPS) is 24.5. The van der Waals surface area contributed by atoms with Crippen molar-refractivity contribution >= 4 is 11.8 Å². The van der Waals surface area contributed by atoms with Gasteiger partial charge in [-0.25, -0.2) is 0 Å². The second-order valence-corrected chi connectivity index (χ2v) is 6.87. The molecule has 3 nitrogen and oxygen atoms in total. The molecule has 0 aromatic rings. The second-order valence-electron chi connectivity index (χ2n) is 5.72. The van der Waals surface area contributed by atoms with Crippen LogP contribution < -0.4 is 5.73 Å². The molecular weight excluding hydrogens is 242 g/mol. The summed E-state index contributed by atoms with van der Waals surface area (Å²) < 4.78 is 0. The molecule has 0 radical (unpaired) electrons. The fraction of sp³-hybridized carbons (Fsp3) is 1.00. The van der Waals surface area contributed by atoms with Crippen LogP contribution in [0.3, 0.4) is 0 Å². The Labute approximate surface area is 117 Å². The molecule has 4 heteroatoms. The number of hydrogen-bond donors (Lipinski definition) is 1. The van der Waals surface area contributed by atoms with E-state index in [-0.39, 0.29) is 0 Å². The summed E-state index contributed by atoms with van der Waals surface area (Å²) in [5, 5.41) is 0. The lowest BCUT2D eigenvalue weighted by molar-refractivity contribution is 0.0957. The second kappa shape index (κ2) is 8.41. The average Bonchev–Trinajstić information content (AvgIpc) is 2.35. The van der Waals surface area contributed by atoms with Crippen molar-refractivity contribution in [2.45, 2.75) is 38.8 Å². The number of nitrogens with two attached hydrogens (primary N) is 1. The standard InChI is InChI=1S/C14H31N3S/c1-5-17(12(2)10-16(3)4)14(9-15)13-7-6-8-18-11-13/h12-14H,5-11,15H2,1-4H3. The van der Waals surface area contributed by atoms with Gasteiger partial charge < -0.3 is 10.6 Å². The molecular formula is C14H31N3S. The van der Waals surface area contributed by atoms with Crippen LogP contribution in [0.4, 0.5) is 0 Å². The first-order valence-electron chi connectivity index (χ1n) is 7.28. The van der Waals surface area contributed by atoms with Gasteiger partial charge in [0.15, 0.2) is 0 Å². The Morgan fingerprint density at radius 3 is 2.56 bits per heavy atom. The van der Waals surface area contributed by atoms with E-state index in [1.807, 2.05) is 0 Å². The van der Waals surface area contributed by atoms with Crippen molar-refractivity contribution < 1.29 is 0 Å². The van der Waals surface area contributed by atoms with Gasteiger partial charge in [0.2, 0.25) is 0 Å². The number of nitrogens with zero attached hydrogens (tertiary/aromatic N) is 2. The van der Waals surface area contributed by atoms with Gasteiger partial charge in [-0.15, -0.1) is 0 Å². The highest BCUT2D eigenvalue weighted by Crippen LogP contribution is 2.28. The Bertz CT molecular complexity index is 217. The zero-order chi connectivity index (χ0) is 13.5. The third kappa shape index (κ3) is 4.72. The van der Waals surface area contributed by atoms with Crippen molar-refractivity contribution in [3.63, 3.8) is 0 Å². The third-order valence-electron chi connectivity index (χ3n) is 3.97. The number of hydrogen-bond acceptors (Lipinski definition) is 4. The lowest BCUT2D eigenvalue weighted by Crippen LogP contribution is -2.53. The average molecular weight is 273 g/mol. The monoisotopic (exact) mass is 273 g/mol. The van der Waals surface area contributed by atoms with Crippen molar-refractivity contribution in [3.8, 4) is 0 Å². The maximum absolute atomic E-state index is 6.08. The van der Waals surface area contributed by atoms with Crippen molar-refractivity contribution in [3.05, 3.63) is 0 Å². The molecule has 3 atom stereocenters. The Morgan fingerprint density at radius 1 is 1.39 bits per heavy atom. The van der Waals surface area contributed by atoms with Gasteiger partial charge >= 0.3 is 0 Å². The smallest absolute Gasteiger partial charge is 0.0257 e. The van der Waals surface area contributed by atoms with Gasteiger partial charge in [-0.1, -0.05) is 6.92 Å². The summed E-state index contributed by atoms with van der Waals surface area (Å²) in [6.45, 7) is 7.63. The SMILES string of the molecule is CCN(C(C)CN(C)C)C(CN)C1CCCSC1. The van der Waals surface area contributed by atoms with Gasteiger partial charge in [0.05, 0.1) is 0 Å². The first-order chi connectivity index (χ1) is 8.60. The summed E-state index contributed by atoms with van der Waals surface area (Å²) >= 11 is 2.11. The summed E-state index contributed by atoms with van der Waals surface area (Å²) in [6.07, 6.45) is 2.73. The van der Waals surface area contributed by atoms with Crippen LogP contribution >= 0.6 is 11.8 Å². The van der Waals surface area contributed by atoms with E-state index in [0.29, 0.717) is 12.1 Å². The van der Waals surface area contributed by atoms with Crippen LogP contribution in [0.25, 0.3) is 0 Å². The quantitative estimate of drug-likeness (QED) is 0.766. The Balaban J connectivity index is 2.63. The summed E-state index contributed by atoms with van der Waals surface area (Å²) in [5.74, 6) is 3.43. The fourth-order valence-electron chi connectivity index (χ4n) is 3.17. The molecule has 1 fully saturated rings. The molecule has 0 amide bonds. The van der Waals surface area contributed by atoms with Gasteiger partial charge in [-0.3, -0.25) is 4.90 Å². The predicted molar refractivity (Wildman–Crippen MR) is 83.3 cm³/mol. The van der Waals surface area contributed by atoms with E-state index in [2.05, 4.69) is 49.5 Å². The molecule has 3 unspecified atom stereocenters. The summed E-state index contributed by atoms with van der Waals surface area (Å²) in [6, 6.07) is 1.16.